The lowest BCUT2D eigenvalue weighted by atomic mass is 10.2. The summed E-state index contributed by atoms with van der Waals surface area (Å²) in [5.41, 5.74) is 1.10. The van der Waals surface area contributed by atoms with Gasteiger partial charge in [-0.15, -0.1) is 0 Å². The maximum Gasteiger partial charge on any atom is 0.178 e. The largest absolute Gasteiger partial charge is 0.456 e. The number of fused-ring (bicyclic) bond motifs is 2. The topological polar surface area (TPSA) is 26.3 Å². The summed E-state index contributed by atoms with van der Waals surface area (Å²) in [5, 5.41) is 2.40. The van der Waals surface area contributed by atoms with Gasteiger partial charge < -0.3 is 9.30 Å². The van der Waals surface area contributed by atoms with Crippen molar-refractivity contribution in [2.24, 2.45) is 0 Å². The average Bonchev–Trinajstić information content (AvgIpc) is 2.55. The van der Waals surface area contributed by atoms with Crippen molar-refractivity contribution in [2.45, 2.75) is 6.92 Å². The Hall–Kier alpha value is -2.31. The third-order valence-electron chi connectivity index (χ3n) is 4.00. The van der Waals surface area contributed by atoms with Gasteiger partial charge in [-0.1, -0.05) is 48.5 Å². The van der Waals surface area contributed by atoms with Gasteiger partial charge in [0.15, 0.2) is 7.14 Å². The molecule has 0 spiro atoms. The van der Waals surface area contributed by atoms with Crippen molar-refractivity contribution in [2.75, 3.05) is 0 Å². The molecule has 0 aromatic heterocycles. The fraction of sp³-hybridized carbons (Fsp3) is 0.0526. The summed E-state index contributed by atoms with van der Waals surface area (Å²) in [6, 6.07) is 23.2. The molecule has 1 aliphatic rings. The first-order valence-corrected chi connectivity index (χ1v) is 8.94. The highest BCUT2D eigenvalue weighted by atomic mass is 31.2. The molecule has 1 atom stereocenters. The lowest BCUT2D eigenvalue weighted by Crippen LogP contribution is -2.30. The van der Waals surface area contributed by atoms with Gasteiger partial charge in [0.1, 0.15) is 11.5 Å². The minimum Gasteiger partial charge on any atom is -0.456 e. The van der Waals surface area contributed by atoms with Crippen LogP contribution in [0.15, 0.2) is 72.8 Å². The lowest BCUT2D eigenvalue weighted by Gasteiger charge is -2.29. The van der Waals surface area contributed by atoms with Crippen LogP contribution >= 0.6 is 7.14 Å². The Balaban J connectivity index is 2.08. The van der Waals surface area contributed by atoms with Gasteiger partial charge in [-0.25, -0.2) is 0 Å². The quantitative estimate of drug-likeness (QED) is 0.501. The molecule has 0 radical (unpaired) electrons. The fourth-order valence-electron chi connectivity index (χ4n) is 2.93. The molecule has 3 aromatic rings. The van der Waals surface area contributed by atoms with E-state index in [1.165, 1.54) is 0 Å². The molecule has 0 bridgehead atoms. The number of ether oxygens (including phenoxy) is 1. The second kappa shape index (κ2) is 4.86. The van der Waals surface area contributed by atoms with Crippen molar-refractivity contribution >= 4 is 23.1 Å². The van der Waals surface area contributed by atoms with Crippen LogP contribution < -0.4 is 20.7 Å². The van der Waals surface area contributed by atoms with Gasteiger partial charge in [-0.05, 0) is 36.8 Å². The lowest BCUT2D eigenvalue weighted by molar-refractivity contribution is 0.485. The van der Waals surface area contributed by atoms with Gasteiger partial charge in [0.2, 0.25) is 0 Å². The van der Waals surface area contributed by atoms with Crippen molar-refractivity contribution in [3.05, 3.63) is 78.4 Å². The molecular formula is C19H15O2P. The van der Waals surface area contributed by atoms with Crippen LogP contribution in [0.1, 0.15) is 5.56 Å². The van der Waals surface area contributed by atoms with E-state index in [-0.39, 0.29) is 0 Å². The van der Waals surface area contributed by atoms with E-state index in [0.29, 0.717) is 11.5 Å². The third-order valence-corrected chi connectivity index (χ3v) is 7.12. The molecule has 0 fully saturated rings. The highest BCUT2D eigenvalue weighted by Crippen LogP contribution is 2.51. The van der Waals surface area contributed by atoms with Gasteiger partial charge in [-0.3, -0.25) is 0 Å². The Labute approximate surface area is 129 Å². The van der Waals surface area contributed by atoms with Crippen LogP contribution in [-0.2, 0) is 4.57 Å². The first kappa shape index (κ1) is 13.4. The molecule has 3 heteroatoms. The van der Waals surface area contributed by atoms with Crippen LogP contribution in [0, 0.1) is 6.92 Å². The maximum atomic E-state index is 14.1. The van der Waals surface area contributed by atoms with E-state index < -0.39 is 7.14 Å². The molecule has 0 saturated heterocycles. The number of benzene rings is 3. The Morgan fingerprint density at radius 2 is 1.45 bits per heavy atom. The molecule has 1 aliphatic heterocycles. The van der Waals surface area contributed by atoms with E-state index >= 15 is 0 Å². The summed E-state index contributed by atoms with van der Waals surface area (Å²) in [6.07, 6.45) is 0. The van der Waals surface area contributed by atoms with Gasteiger partial charge in [0.05, 0.1) is 10.6 Å². The summed E-state index contributed by atoms with van der Waals surface area (Å²) >= 11 is 0. The first-order chi connectivity index (χ1) is 10.7. The van der Waals surface area contributed by atoms with E-state index in [4.69, 9.17) is 4.74 Å². The molecule has 0 saturated carbocycles. The number of hydrogen-bond donors (Lipinski definition) is 0. The van der Waals surface area contributed by atoms with Gasteiger partial charge in [0.25, 0.3) is 0 Å². The molecule has 0 aliphatic carbocycles. The summed E-state index contributed by atoms with van der Waals surface area (Å²) < 4.78 is 20.1. The number of aryl methyl sites for hydroxylation is 1. The van der Waals surface area contributed by atoms with Crippen LogP contribution in [-0.4, -0.2) is 0 Å². The highest BCUT2D eigenvalue weighted by Gasteiger charge is 2.38. The van der Waals surface area contributed by atoms with E-state index in [2.05, 4.69) is 0 Å². The van der Waals surface area contributed by atoms with Crippen molar-refractivity contribution in [3.63, 3.8) is 0 Å². The van der Waals surface area contributed by atoms with Crippen molar-refractivity contribution in [3.8, 4) is 11.5 Å². The van der Waals surface area contributed by atoms with Crippen LogP contribution in [0.3, 0.4) is 0 Å². The molecule has 1 unspecified atom stereocenters. The summed E-state index contributed by atoms with van der Waals surface area (Å²) in [4.78, 5) is 0. The zero-order chi connectivity index (χ0) is 15.2. The monoisotopic (exact) mass is 306 g/mol. The van der Waals surface area contributed by atoms with Gasteiger partial charge >= 0.3 is 0 Å². The molecule has 0 amide bonds. The SMILES string of the molecule is Cc1ccc2c(c1)Oc1ccccc1P2(=O)c1ccccc1. The molecule has 108 valence electrons. The molecule has 3 aromatic carbocycles. The number of hydrogen-bond acceptors (Lipinski definition) is 2. The van der Waals surface area contributed by atoms with Crippen molar-refractivity contribution in [1.82, 2.24) is 0 Å². The van der Waals surface area contributed by atoms with Crippen LogP contribution in [0.25, 0.3) is 0 Å². The van der Waals surface area contributed by atoms with Gasteiger partial charge in [0, 0.05) is 5.30 Å². The van der Waals surface area contributed by atoms with Crippen LogP contribution in [0.5, 0.6) is 11.5 Å². The first-order valence-electron chi connectivity index (χ1n) is 7.24. The number of para-hydroxylation sites is 1. The molecule has 4 rings (SSSR count). The predicted molar refractivity (Wildman–Crippen MR) is 90.6 cm³/mol. The third kappa shape index (κ3) is 1.84. The van der Waals surface area contributed by atoms with Crippen molar-refractivity contribution < 1.29 is 9.30 Å². The van der Waals surface area contributed by atoms with E-state index in [1.54, 1.807) is 0 Å². The second-order valence-electron chi connectivity index (χ2n) is 5.49. The normalized spacial score (nSPS) is 19.0. The van der Waals surface area contributed by atoms with Crippen LogP contribution in [0.2, 0.25) is 0 Å². The van der Waals surface area contributed by atoms with Gasteiger partial charge in [-0.2, -0.15) is 0 Å². The second-order valence-corrected chi connectivity index (χ2v) is 8.18. The Kier molecular flexibility index (Phi) is 2.95. The molecular weight excluding hydrogens is 291 g/mol. The summed E-state index contributed by atoms with van der Waals surface area (Å²) in [6.45, 7) is 2.01. The molecule has 22 heavy (non-hydrogen) atoms. The smallest absolute Gasteiger partial charge is 0.178 e. The van der Waals surface area contributed by atoms with Crippen LogP contribution in [0.4, 0.5) is 0 Å². The fourth-order valence-corrected chi connectivity index (χ4v) is 5.77. The minimum atomic E-state index is -2.89. The standard InChI is InChI=1S/C19H15O2P/c1-14-11-12-19-17(13-14)21-16-9-5-6-10-18(16)22(19,20)15-7-3-2-4-8-15/h2-13H,1H3. The van der Waals surface area contributed by atoms with Crippen molar-refractivity contribution in [1.29, 1.82) is 0 Å². The molecule has 1 heterocycles. The zero-order valence-corrected chi connectivity index (χ0v) is 13.1. The Morgan fingerprint density at radius 3 is 2.27 bits per heavy atom. The zero-order valence-electron chi connectivity index (χ0n) is 12.2. The van der Waals surface area contributed by atoms with E-state index in [1.807, 2.05) is 79.7 Å². The Morgan fingerprint density at radius 1 is 0.773 bits per heavy atom. The number of rotatable bonds is 1. The summed E-state index contributed by atoms with van der Waals surface area (Å²) in [7, 11) is -2.89. The van der Waals surface area contributed by atoms with E-state index in [0.717, 1.165) is 21.5 Å². The molecule has 2 nitrogen and oxygen atoms in total. The van der Waals surface area contributed by atoms with E-state index in [9.17, 15) is 4.57 Å². The average molecular weight is 306 g/mol. The molecule has 0 N–H and O–H groups in total. The predicted octanol–water partition coefficient (Wildman–Crippen LogP) is 3.74. The maximum absolute atomic E-state index is 14.1. The Bertz CT molecular complexity index is 900. The summed E-state index contributed by atoms with van der Waals surface area (Å²) in [5.74, 6) is 1.39. The highest BCUT2D eigenvalue weighted by molar-refractivity contribution is 7.85. The minimum absolute atomic E-state index is 0.688.